The lowest BCUT2D eigenvalue weighted by Crippen LogP contribution is -2.35. The second-order valence-electron chi connectivity index (χ2n) is 5.80. The average molecular weight is 272 g/mol. The number of ether oxygens (including phenoxy) is 3. The summed E-state index contributed by atoms with van der Waals surface area (Å²) in [4.78, 5) is 22.5. The third kappa shape index (κ3) is 10.4. The molecule has 5 heteroatoms. The molecule has 19 heavy (non-hydrogen) atoms. The summed E-state index contributed by atoms with van der Waals surface area (Å²) in [6.07, 6.45) is 1.08. The SMILES string of the molecule is C=CC(=O)OCC(C)(C)OCC(=O)COC(C)(C)C. The second kappa shape index (κ2) is 7.40. The normalized spacial score (nSPS) is 12.1. The fourth-order valence-corrected chi connectivity index (χ4v) is 0.960. The van der Waals surface area contributed by atoms with Gasteiger partial charge in [-0.05, 0) is 34.6 Å². The molecule has 110 valence electrons. The Hall–Kier alpha value is -1.20. The standard InChI is InChI=1S/C14H24O5/c1-7-12(16)17-10-14(5,6)19-9-11(15)8-18-13(2,3)4/h7H,1,8-10H2,2-6H3. The van der Waals surface area contributed by atoms with Gasteiger partial charge in [0, 0.05) is 6.08 Å². The summed E-state index contributed by atoms with van der Waals surface area (Å²) in [5.74, 6) is -0.669. The molecule has 0 aliphatic heterocycles. The summed E-state index contributed by atoms with van der Waals surface area (Å²) in [6, 6.07) is 0. The van der Waals surface area contributed by atoms with Crippen LogP contribution in [0.2, 0.25) is 0 Å². The van der Waals surface area contributed by atoms with E-state index < -0.39 is 11.6 Å². The summed E-state index contributed by atoms with van der Waals surface area (Å²) in [7, 11) is 0. The maximum Gasteiger partial charge on any atom is 0.330 e. The highest BCUT2D eigenvalue weighted by atomic mass is 16.6. The number of ketones is 1. The van der Waals surface area contributed by atoms with Gasteiger partial charge in [0.05, 0.1) is 11.2 Å². The lowest BCUT2D eigenvalue weighted by atomic mass is 10.1. The van der Waals surface area contributed by atoms with E-state index in [2.05, 4.69) is 6.58 Å². The lowest BCUT2D eigenvalue weighted by Gasteiger charge is -2.24. The average Bonchev–Trinajstić information content (AvgIpc) is 2.30. The summed E-state index contributed by atoms with van der Waals surface area (Å²) in [5, 5.41) is 0. The number of carbonyl (C=O) groups is 2. The van der Waals surface area contributed by atoms with Gasteiger partial charge in [0.1, 0.15) is 19.8 Å². The van der Waals surface area contributed by atoms with Crippen LogP contribution >= 0.6 is 0 Å². The summed E-state index contributed by atoms with van der Waals surface area (Å²) >= 11 is 0. The molecule has 0 aliphatic rings. The van der Waals surface area contributed by atoms with Crippen molar-refractivity contribution < 1.29 is 23.8 Å². The molecule has 0 spiro atoms. The Labute approximate surface area is 114 Å². The molecule has 0 saturated heterocycles. The van der Waals surface area contributed by atoms with E-state index in [0.29, 0.717) is 0 Å². The molecule has 0 aliphatic carbocycles. The third-order valence-corrected chi connectivity index (χ3v) is 2.02. The Kier molecular flexibility index (Phi) is 6.94. The topological polar surface area (TPSA) is 61.8 Å². The molecular weight excluding hydrogens is 248 g/mol. The first-order valence-electron chi connectivity index (χ1n) is 6.14. The monoisotopic (exact) mass is 272 g/mol. The zero-order valence-electron chi connectivity index (χ0n) is 12.4. The van der Waals surface area contributed by atoms with Gasteiger partial charge in [0.25, 0.3) is 0 Å². The third-order valence-electron chi connectivity index (χ3n) is 2.02. The minimum atomic E-state index is -0.726. The minimum absolute atomic E-state index is 0.00598. The first kappa shape index (κ1) is 17.8. The molecule has 0 aromatic carbocycles. The molecule has 0 saturated carbocycles. The van der Waals surface area contributed by atoms with E-state index in [0.717, 1.165) is 6.08 Å². The number of hydrogen-bond donors (Lipinski definition) is 0. The van der Waals surface area contributed by atoms with Crippen molar-refractivity contribution in [3.05, 3.63) is 12.7 Å². The maximum atomic E-state index is 11.6. The molecule has 0 radical (unpaired) electrons. The first-order chi connectivity index (χ1) is 8.56. The largest absolute Gasteiger partial charge is 0.459 e. The van der Waals surface area contributed by atoms with Crippen LogP contribution in [0, 0.1) is 0 Å². The van der Waals surface area contributed by atoms with Crippen molar-refractivity contribution in [2.75, 3.05) is 19.8 Å². The minimum Gasteiger partial charge on any atom is -0.459 e. The van der Waals surface area contributed by atoms with Gasteiger partial charge < -0.3 is 14.2 Å². The quantitative estimate of drug-likeness (QED) is 0.499. The Bertz CT molecular complexity index is 325. The first-order valence-corrected chi connectivity index (χ1v) is 6.14. The molecule has 0 N–H and O–H groups in total. The molecule has 0 aromatic heterocycles. The maximum absolute atomic E-state index is 11.6. The van der Waals surface area contributed by atoms with Crippen LogP contribution in [-0.2, 0) is 23.8 Å². The van der Waals surface area contributed by atoms with E-state index in [1.54, 1.807) is 13.8 Å². The van der Waals surface area contributed by atoms with Crippen LogP contribution in [0.1, 0.15) is 34.6 Å². The van der Waals surface area contributed by atoms with Crippen LogP contribution in [0.15, 0.2) is 12.7 Å². The molecule has 5 nitrogen and oxygen atoms in total. The summed E-state index contributed by atoms with van der Waals surface area (Å²) in [5.41, 5.74) is -1.08. The number of esters is 1. The van der Waals surface area contributed by atoms with Gasteiger partial charge in [-0.1, -0.05) is 6.58 Å². The van der Waals surface area contributed by atoms with Crippen LogP contribution in [0.4, 0.5) is 0 Å². The molecule has 0 bridgehead atoms. The smallest absolute Gasteiger partial charge is 0.330 e. The fourth-order valence-electron chi connectivity index (χ4n) is 0.960. The number of rotatable bonds is 8. The van der Waals surface area contributed by atoms with Gasteiger partial charge in [-0.25, -0.2) is 4.79 Å². The van der Waals surface area contributed by atoms with Gasteiger partial charge in [0.2, 0.25) is 0 Å². The van der Waals surface area contributed by atoms with Crippen molar-refractivity contribution in [2.24, 2.45) is 0 Å². The highest BCUT2D eigenvalue weighted by Crippen LogP contribution is 2.11. The van der Waals surface area contributed by atoms with Crippen LogP contribution in [-0.4, -0.2) is 42.8 Å². The molecule has 0 aromatic rings. The molecule has 0 heterocycles. The van der Waals surface area contributed by atoms with E-state index in [1.165, 1.54) is 0 Å². The van der Waals surface area contributed by atoms with Crippen molar-refractivity contribution in [1.82, 2.24) is 0 Å². The summed E-state index contributed by atoms with van der Waals surface area (Å²) in [6.45, 7) is 12.4. The number of Topliss-reactive ketones (excluding diaryl/α,β-unsaturated/α-hetero) is 1. The Balaban J connectivity index is 3.99. The van der Waals surface area contributed by atoms with E-state index in [9.17, 15) is 9.59 Å². The van der Waals surface area contributed by atoms with Gasteiger partial charge in [-0.3, -0.25) is 4.79 Å². The zero-order valence-corrected chi connectivity index (χ0v) is 12.4. The van der Waals surface area contributed by atoms with Gasteiger partial charge in [0.15, 0.2) is 5.78 Å². The Morgan fingerprint density at radius 1 is 1.05 bits per heavy atom. The van der Waals surface area contributed by atoms with Crippen molar-refractivity contribution in [3.63, 3.8) is 0 Å². The molecular formula is C14H24O5. The van der Waals surface area contributed by atoms with Crippen LogP contribution in [0.25, 0.3) is 0 Å². The number of carbonyl (C=O) groups excluding carboxylic acids is 2. The van der Waals surface area contributed by atoms with Crippen LogP contribution in [0.5, 0.6) is 0 Å². The van der Waals surface area contributed by atoms with E-state index in [-0.39, 0.29) is 31.2 Å². The second-order valence-corrected chi connectivity index (χ2v) is 5.80. The molecule has 0 fully saturated rings. The summed E-state index contributed by atoms with van der Waals surface area (Å²) < 4.78 is 15.6. The zero-order chi connectivity index (χ0) is 15.1. The van der Waals surface area contributed by atoms with Crippen LogP contribution in [0.3, 0.4) is 0 Å². The highest BCUT2D eigenvalue weighted by Gasteiger charge is 2.22. The Morgan fingerprint density at radius 2 is 1.58 bits per heavy atom. The van der Waals surface area contributed by atoms with Crippen molar-refractivity contribution >= 4 is 11.8 Å². The molecule has 0 unspecified atom stereocenters. The predicted molar refractivity (Wildman–Crippen MR) is 71.9 cm³/mol. The number of hydrogen-bond acceptors (Lipinski definition) is 5. The van der Waals surface area contributed by atoms with Gasteiger partial charge in [-0.15, -0.1) is 0 Å². The Morgan fingerprint density at radius 3 is 2.05 bits per heavy atom. The van der Waals surface area contributed by atoms with E-state index >= 15 is 0 Å². The van der Waals surface area contributed by atoms with E-state index in [4.69, 9.17) is 14.2 Å². The van der Waals surface area contributed by atoms with Gasteiger partial charge in [-0.2, -0.15) is 0 Å². The molecule has 0 amide bonds. The lowest BCUT2D eigenvalue weighted by molar-refractivity contribution is -0.151. The molecule has 0 atom stereocenters. The molecule has 0 rings (SSSR count). The van der Waals surface area contributed by atoms with Crippen molar-refractivity contribution in [1.29, 1.82) is 0 Å². The van der Waals surface area contributed by atoms with Crippen molar-refractivity contribution in [3.8, 4) is 0 Å². The van der Waals surface area contributed by atoms with Crippen molar-refractivity contribution in [2.45, 2.75) is 45.8 Å². The predicted octanol–water partition coefficient (Wildman–Crippen LogP) is 1.89. The fraction of sp³-hybridized carbons (Fsp3) is 0.714. The van der Waals surface area contributed by atoms with Gasteiger partial charge >= 0.3 is 5.97 Å². The van der Waals surface area contributed by atoms with E-state index in [1.807, 2.05) is 20.8 Å². The van der Waals surface area contributed by atoms with Crippen LogP contribution < -0.4 is 0 Å². The highest BCUT2D eigenvalue weighted by molar-refractivity contribution is 5.81.